The number of hydrogen-bond donors (Lipinski definition) is 2. The second-order valence-electron chi connectivity index (χ2n) is 4.74. The van der Waals surface area contributed by atoms with Crippen molar-refractivity contribution in [3.05, 3.63) is 64.7 Å². The Kier molecular flexibility index (Phi) is 3.85. The van der Waals surface area contributed by atoms with Crippen LogP contribution in [-0.2, 0) is 6.54 Å². The van der Waals surface area contributed by atoms with Gasteiger partial charge in [0, 0.05) is 17.8 Å². The van der Waals surface area contributed by atoms with E-state index >= 15 is 0 Å². The number of rotatable bonds is 4. The van der Waals surface area contributed by atoms with Crippen LogP contribution in [0.3, 0.4) is 0 Å². The van der Waals surface area contributed by atoms with E-state index in [1.165, 1.54) is 11.1 Å². The summed E-state index contributed by atoms with van der Waals surface area (Å²) in [5.74, 6) is -0.395. The third-order valence-electron chi connectivity index (χ3n) is 3.08. The molecule has 0 aliphatic heterocycles. The maximum atomic E-state index is 11.1. The molecular weight excluding hydrogens is 236 g/mol. The van der Waals surface area contributed by atoms with Crippen LogP contribution in [0.1, 0.15) is 27.0 Å². The summed E-state index contributed by atoms with van der Waals surface area (Å²) in [5, 5.41) is 3.37. The largest absolute Gasteiger partial charge is 0.381 e. The summed E-state index contributed by atoms with van der Waals surface area (Å²) in [4.78, 5) is 11.1. The lowest BCUT2D eigenvalue weighted by Gasteiger charge is -2.11. The predicted molar refractivity (Wildman–Crippen MR) is 78.2 cm³/mol. The molecule has 1 amide bonds. The van der Waals surface area contributed by atoms with E-state index in [4.69, 9.17) is 5.73 Å². The van der Waals surface area contributed by atoms with Crippen molar-refractivity contribution in [3.8, 4) is 0 Å². The summed E-state index contributed by atoms with van der Waals surface area (Å²) in [6.45, 7) is 4.81. The molecular formula is C16H18N2O. The van der Waals surface area contributed by atoms with Crippen molar-refractivity contribution in [1.29, 1.82) is 0 Å². The average molecular weight is 254 g/mol. The van der Waals surface area contributed by atoms with E-state index in [9.17, 15) is 4.79 Å². The number of primary amides is 1. The second kappa shape index (κ2) is 5.57. The molecule has 0 bridgehead atoms. The summed E-state index contributed by atoms with van der Waals surface area (Å²) in [6, 6.07) is 13.8. The van der Waals surface area contributed by atoms with Crippen molar-refractivity contribution in [1.82, 2.24) is 0 Å². The zero-order valence-electron chi connectivity index (χ0n) is 11.2. The van der Waals surface area contributed by atoms with E-state index in [1.54, 1.807) is 12.1 Å². The van der Waals surface area contributed by atoms with E-state index in [0.29, 0.717) is 5.56 Å². The molecule has 0 radical (unpaired) electrons. The number of nitrogens with one attached hydrogen (secondary N) is 1. The van der Waals surface area contributed by atoms with E-state index in [2.05, 4.69) is 36.5 Å². The fourth-order valence-electron chi connectivity index (χ4n) is 2.03. The number of carbonyl (C=O) groups excluding carboxylic acids is 1. The van der Waals surface area contributed by atoms with Crippen LogP contribution >= 0.6 is 0 Å². The smallest absolute Gasteiger partial charge is 0.248 e. The fraction of sp³-hybridized carbons (Fsp3) is 0.188. The monoisotopic (exact) mass is 254 g/mol. The van der Waals surface area contributed by atoms with Crippen LogP contribution in [0.15, 0.2) is 42.5 Å². The fourth-order valence-corrected chi connectivity index (χ4v) is 2.03. The minimum atomic E-state index is -0.395. The first-order valence-corrected chi connectivity index (χ1v) is 6.26. The maximum absolute atomic E-state index is 11.1. The molecule has 19 heavy (non-hydrogen) atoms. The Morgan fingerprint density at radius 2 is 1.95 bits per heavy atom. The van der Waals surface area contributed by atoms with Crippen LogP contribution in [0.5, 0.6) is 0 Å². The van der Waals surface area contributed by atoms with Crippen molar-refractivity contribution in [2.45, 2.75) is 20.4 Å². The van der Waals surface area contributed by atoms with Gasteiger partial charge in [0.1, 0.15) is 0 Å². The first kappa shape index (κ1) is 13.1. The lowest BCUT2D eigenvalue weighted by molar-refractivity contribution is 0.1000. The van der Waals surface area contributed by atoms with E-state index in [-0.39, 0.29) is 0 Å². The Morgan fingerprint density at radius 3 is 2.58 bits per heavy atom. The zero-order valence-corrected chi connectivity index (χ0v) is 11.2. The molecule has 0 aliphatic rings. The highest BCUT2D eigenvalue weighted by Gasteiger charge is 2.04. The van der Waals surface area contributed by atoms with Crippen LogP contribution in [-0.4, -0.2) is 5.91 Å². The molecule has 0 aromatic heterocycles. The Bertz CT molecular complexity index is 605. The second-order valence-corrected chi connectivity index (χ2v) is 4.74. The predicted octanol–water partition coefficient (Wildman–Crippen LogP) is 3.01. The summed E-state index contributed by atoms with van der Waals surface area (Å²) in [7, 11) is 0. The molecule has 0 unspecified atom stereocenters. The average Bonchev–Trinajstić information content (AvgIpc) is 2.37. The Balaban J connectivity index is 2.10. The Morgan fingerprint density at radius 1 is 1.16 bits per heavy atom. The van der Waals surface area contributed by atoms with Gasteiger partial charge in [-0.05, 0) is 43.2 Å². The number of aryl methyl sites for hydroxylation is 2. The Labute approximate surface area is 113 Å². The standard InChI is InChI=1S/C16H18N2O/c1-11-4-3-5-13(8-11)10-18-15-7-6-14(16(17)19)9-12(15)2/h3-9,18H,10H2,1-2H3,(H2,17,19). The molecule has 0 saturated carbocycles. The molecule has 2 rings (SSSR count). The zero-order chi connectivity index (χ0) is 13.8. The van der Waals surface area contributed by atoms with Gasteiger partial charge >= 0.3 is 0 Å². The number of anilines is 1. The third-order valence-corrected chi connectivity index (χ3v) is 3.08. The van der Waals surface area contributed by atoms with Crippen LogP contribution < -0.4 is 11.1 Å². The van der Waals surface area contributed by atoms with Crippen LogP contribution in [0, 0.1) is 13.8 Å². The van der Waals surface area contributed by atoms with Crippen LogP contribution in [0.4, 0.5) is 5.69 Å². The molecule has 3 N–H and O–H groups in total. The highest BCUT2D eigenvalue weighted by Crippen LogP contribution is 2.17. The number of carbonyl (C=O) groups is 1. The first-order valence-electron chi connectivity index (χ1n) is 6.26. The number of benzene rings is 2. The topological polar surface area (TPSA) is 55.1 Å². The van der Waals surface area contributed by atoms with Gasteiger partial charge in [-0.25, -0.2) is 0 Å². The molecule has 0 atom stereocenters. The van der Waals surface area contributed by atoms with E-state index < -0.39 is 5.91 Å². The maximum Gasteiger partial charge on any atom is 0.248 e. The van der Waals surface area contributed by atoms with Gasteiger partial charge < -0.3 is 11.1 Å². The number of amides is 1. The molecule has 0 aliphatic carbocycles. The van der Waals surface area contributed by atoms with Gasteiger partial charge in [0.25, 0.3) is 0 Å². The first-order chi connectivity index (χ1) is 9.06. The van der Waals surface area contributed by atoms with Crippen molar-refractivity contribution in [2.75, 3.05) is 5.32 Å². The van der Waals surface area contributed by atoms with E-state index in [0.717, 1.165) is 17.8 Å². The third kappa shape index (κ3) is 3.35. The van der Waals surface area contributed by atoms with Crippen molar-refractivity contribution < 1.29 is 4.79 Å². The molecule has 0 spiro atoms. The molecule has 0 fully saturated rings. The molecule has 3 nitrogen and oxygen atoms in total. The van der Waals surface area contributed by atoms with Gasteiger partial charge in [-0.3, -0.25) is 4.79 Å². The molecule has 98 valence electrons. The SMILES string of the molecule is Cc1cccc(CNc2ccc(C(N)=O)cc2C)c1. The normalized spacial score (nSPS) is 10.2. The molecule has 2 aromatic carbocycles. The van der Waals surface area contributed by atoms with Crippen LogP contribution in [0.2, 0.25) is 0 Å². The summed E-state index contributed by atoms with van der Waals surface area (Å²) in [6.07, 6.45) is 0. The summed E-state index contributed by atoms with van der Waals surface area (Å²) < 4.78 is 0. The molecule has 2 aromatic rings. The van der Waals surface area contributed by atoms with Crippen LogP contribution in [0.25, 0.3) is 0 Å². The highest BCUT2D eigenvalue weighted by molar-refractivity contribution is 5.93. The van der Waals surface area contributed by atoms with Gasteiger partial charge in [-0.1, -0.05) is 29.8 Å². The lowest BCUT2D eigenvalue weighted by Crippen LogP contribution is -2.11. The lowest BCUT2D eigenvalue weighted by atomic mass is 10.1. The van der Waals surface area contributed by atoms with Gasteiger partial charge in [-0.2, -0.15) is 0 Å². The minimum absolute atomic E-state index is 0.395. The van der Waals surface area contributed by atoms with Crippen molar-refractivity contribution >= 4 is 11.6 Å². The Hall–Kier alpha value is -2.29. The number of hydrogen-bond acceptors (Lipinski definition) is 2. The number of nitrogens with two attached hydrogens (primary N) is 1. The molecule has 0 saturated heterocycles. The van der Waals surface area contributed by atoms with Gasteiger partial charge in [0.2, 0.25) is 5.91 Å². The summed E-state index contributed by atoms with van der Waals surface area (Å²) >= 11 is 0. The van der Waals surface area contributed by atoms with Crippen molar-refractivity contribution in [3.63, 3.8) is 0 Å². The molecule has 3 heteroatoms. The molecule has 0 heterocycles. The van der Waals surface area contributed by atoms with Crippen molar-refractivity contribution in [2.24, 2.45) is 5.73 Å². The highest BCUT2D eigenvalue weighted by atomic mass is 16.1. The minimum Gasteiger partial charge on any atom is -0.381 e. The van der Waals surface area contributed by atoms with Gasteiger partial charge in [-0.15, -0.1) is 0 Å². The van der Waals surface area contributed by atoms with Gasteiger partial charge in [0.15, 0.2) is 0 Å². The van der Waals surface area contributed by atoms with E-state index in [1.807, 2.05) is 13.0 Å². The quantitative estimate of drug-likeness (QED) is 0.881. The van der Waals surface area contributed by atoms with Gasteiger partial charge in [0.05, 0.1) is 0 Å². The summed E-state index contributed by atoms with van der Waals surface area (Å²) in [5.41, 5.74) is 10.3.